The van der Waals surface area contributed by atoms with E-state index in [0.29, 0.717) is 38.5 Å². The Morgan fingerprint density at radius 2 is 1.45 bits per heavy atom. The maximum Gasteiger partial charge on any atom is 0.194 e. The van der Waals surface area contributed by atoms with E-state index >= 15 is 0 Å². The van der Waals surface area contributed by atoms with Gasteiger partial charge in [-0.15, -0.1) is 0 Å². The molecule has 0 heterocycles. The highest BCUT2D eigenvalue weighted by Crippen LogP contribution is 2.38. The molecule has 1 fully saturated rings. The SMILES string of the molecule is [2H]C1([2H])CC(CCC)CC([2H])([2H])C1CCC1CCc2cc(-c3cc(F)c(F)c(F)c3)c(F)cc2C1. The van der Waals surface area contributed by atoms with Gasteiger partial charge in [0, 0.05) is 11.0 Å². The van der Waals surface area contributed by atoms with Crippen LogP contribution in [0.2, 0.25) is 0 Å². The number of fused-ring (bicyclic) bond motifs is 1. The van der Waals surface area contributed by atoms with Gasteiger partial charge in [-0.25, -0.2) is 17.6 Å². The van der Waals surface area contributed by atoms with Gasteiger partial charge in [-0.1, -0.05) is 51.8 Å². The second-order valence-corrected chi connectivity index (χ2v) is 9.06. The Labute approximate surface area is 188 Å². The number of halogens is 4. The first kappa shape index (κ1) is 17.7. The van der Waals surface area contributed by atoms with Crippen LogP contribution in [-0.4, -0.2) is 0 Å². The molecule has 2 aromatic rings. The molecule has 4 heteroatoms. The predicted molar refractivity (Wildman–Crippen MR) is 117 cm³/mol. The van der Waals surface area contributed by atoms with E-state index in [1.807, 2.05) is 6.92 Å². The minimum Gasteiger partial charge on any atom is -0.206 e. The number of hydrogen-bond acceptors (Lipinski definition) is 0. The fourth-order valence-electron chi connectivity index (χ4n) is 5.01. The van der Waals surface area contributed by atoms with Crippen LogP contribution < -0.4 is 0 Å². The van der Waals surface area contributed by atoms with E-state index in [9.17, 15) is 17.6 Å². The summed E-state index contributed by atoms with van der Waals surface area (Å²) in [5.74, 6) is -5.33. The van der Waals surface area contributed by atoms with Crippen molar-refractivity contribution < 1.29 is 23.0 Å². The maximum absolute atomic E-state index is 14.9. The lowest BCUT2D eigenvalue weighted by molar-refractivity contribution is 0.236. The molecule has 0 N–H and O–H groups in total. The molecule has 2 aliphatic carbocycles. The number of aryl methyl sites for hydroxylation is 1. The van der Waals surface area contributed by atoms with Crippen LogP contribution in [-0.2, 0) is 12.8 Å². The quantitative estimate of drug-likeness (QED) is 0.315. The molecule has 31 heavy (non-hydrogen) atoms. The van der Waals surface area contributed by atoms with Crippen molar-refractivity contribution in [1.29, 1.82) is 0 Å². The molecule has 2 aromatic carbocycles. The van der Waals surface area contributed by atoms with Crippen LogP contribution in [0.15, 0.2) is 24.3 Å². The Balaban J connectivity index is 1.46. The van der Waals surface area contributed by atoms with E-state index in [1.165, 1.54) is 6.07 Å². The Bertz CT molecular complexity index is 1040. The Kier molecular flexibility index (Phi) is 5.56. The van der Waals surface area contributed by atoms with Gasteiger partial charge < -0.3 is 0 Å². The van der Waals surface area contributed by atoms with Crippen LogP contribution in [0, 0.1) is 41.0 Å². The Morgan fingerprint density at radius 3 is 2.13 bits per heavy atom. The lowest BCUT2D eigenvalue weighted by Crippen LogP contribution is -2.18. The smallest absolute Gasteiger partial charge is 0.194 e. The molecule has 0 radical (unpaired) electrons. The fourth-order valence-corrected chi connectivity index (χ4v) is 5.01. The van der Waals surface area contributed by atoms with Crippen molar-refractivity contribution in [3.8, 4) is 11.1 Å². The third-order valence-electron chi connectivity index (χ3n) is 6.78. The first-order valence-electron chi connectivity index (χ1n) is 13.4. The topological polar surface area (TPSA) is 0 Å². The molecular weight excluding hydrogens is 400 g/mol. The van der Waals surface area contributed by atoms with Gasteiger partial charge in [0.25, 0.3) is 0 Å². The molecule has 0 aromatic heterocycles. The fraction of sp³-hybridized carbons (Fsp3) is 0.556. The van der Waals surface area contributed by atoms with E-state index in [1.54, 1.807) is 6.07 Å². The average molecular weight is 437 g/mol. The van der Waals surface area contributed by atoms with Gasteiger partial charge in [-0.3, -0.25) is 0 Å². The van der Waals surface area contributed by atoms with Crippen molar-refractivity contribution in [2.24, 2.45) is 17.8 Å². The largest absolute Gasteiger partial charge is 0.206 e. The van der Waals surface area contributed by atoms with Crippen LogP contribution >= 0.6 is 0 Å². The molecule has 0 aliphatic heterocycles. The third-order valence-corrected chi connectivity index (χ3v) is 6.78. The molecule has 0 amide bonds. The van der Waals surface area contributed by atoms with Crippen molar-refractivity contribution in [2.75, 3.05) is 0 Å². The average Bonchev–Trinajstić information content (AvgIpc) is 2.75. The normalized spacial score (nSPS) is 28.7. The van der Waals surface area contributed by atoms with Crippen LogP contribution in [0.1, 0.15) is 81.2 Å². The lowest BCUT2D eigenvalue weighted by atomic mass is 9.75. The van der Waals surface area contributed by atoms with Crippen molar-refractivity contribution in [3.05, 3.63) is 58.7 Å². The van der Waals surface area contributed by atoms with Crippen molar-refractivity contribution in [2.45, 2.75) is 77.5 Å². The summed E-state index contributed by atoms with van der Waals surface area (Å²) in [6, 6.07) is 4.56. The van der Waals surface area contributed by atoms with Gasteiger partial charge in [0.1, 0.15) is 5.82 Å². The second-order valence-electron chi connectivity index (χ2n) is 9.06. The number of rotatable bonds is 6. The zero-order chi connectivity index (χ0) is 25.5. The van der Waals surface area contributed by atoms with Crippen molar-refractivity contribution in [1.82, 2.24) is 0 Å². The monoisotopic (exact) mass is 436 g/mol. The van der Waals surface area contributed by atoms with E-state index < -0.39 is 41.9 Å². The molecule has 1 atom stereocenters. The van der Waals surface area contributed by atoms with E-state index in [-0.39, 0.29) is 23.0 Å². The van der Waals surface area contributed by atoms with Gasteiger partial charge in [-0.05, 0) is 84.4 Å². The van der Waals surface area contributed by atoms with Crippen molar-refractivity contribution >= 4 is 0 Å². The van der Waals surface area contributed by atoms with Gasteiger partial charge in [0.15, 0.2) is 17.5 Å². The van der Waals surface area contributed by atoms with Crippen LogP contribution in [0.4, 0.5) is 17.6 Å². The van der Waals surface area contributed by atoms with Crippen LogP contribution in [0.5, 0.6) is 0 Å². The molecule has 168 valence electrons. The molecule has 0 nitrogen and oxygen atoms in total. The Morgan fingerprint density at radius 1 is 0.774 bits per heavy atom. The molecule has 0 spiro atoms. The zero-order valence-corrected chi connectivity index (χ0v) is 17.9. The second kappa shape index (κ2) is 9.75. The molecule has 0 bridgehead atoms. The van der Waals surface area contributed by atoms with Gasteiger partial charge in [0.05, 0.1) is 0 Å². The predicted octanol–water partition coefficient (Wildman–Crippen LogP) is 8.40. The van der Waals surface area contributed by atoms with E-state index in [0.717, 1.165) is 42.5 Å². The van der Waals surface area contributed by atoms with E-state index in [4.69, 9.17) is 5.48 Å². The summed E-state index contributed by atoms with van der Waals surface area (Å²) in [6.07, 6.45) is 2.62. The summed E-state index contributed by atoms with van der Waals surface area (Å²) in [4.78, 5) is 0. The number of hydrogen-bond donors (Lipinski definition) is 0. The Hall–Kier alpha value is -1.84. The highest BCUT2D eigenvalue weighted by molar-refractivity contribution is 5.66. The summed E-state index contributed by atoms with van der Waals surface area (Å²) in [5.41, 5.74) is 1.67. The molecular formula is C27H32F4. The summed E-state index contributed by atoms with van der Waals surface area (Å²) in [7, 11) is 0. The maximum atomic E-state index is 14.9. The molecule has 1 saturated carbocycles. The summed E-state index contributed by atoms with van der Waals surface area (Å²) in [6.45, 7) is 2.04. The zero-order valence-electron chi connectivity index (χ0n) is 21.9. The highest BCUT2D eigenvalue weighted by Gasteiger charge is 2.25. The van der Waals surface area contributed by atoms with Crippen molar-refractivity contribution in [3.63, 3.8) is 0 Å². The third kappa shape index (κ3) is 5.15. The van der Waals surface area contributed by atoms with E-state index in [2.05, 4.69) is 0 Å². The van der Waals surface area contributed by atoms with Crippen LogP contribution in [0.3, 0.4) is 0 Å². The number of benzene rings is 2. The molecule has 4 rings (SSSR count). The van der Waals surface area contributed by atoms with Crippen LogP contribution in [0.25, 0.3) is 11.1 Å². The minimum atomic E-state index is -1.58. The lowest BCUT2D eigenvalue weighted by Gasteiger charge is -2.31. The van der Waals surface area contributed by atoms with Gasteiger partial charge >= 0.3 is 0 Å². The molecule has 2 aliphatic rings. The minimum absolute atomic E-state index is 0.0326. The van der Waals surface area contributed by atoms with Gasteiger partial charge in [0.2, 0.25) is 0 Å². The van der Waals surface area contributed by atoms with Gasteiger partial charge in [-0.2, -0.15) is 0 Å². The first-order chi connectivity index (χ1) is 16.4. The summed E-state index contributed by atoms with van der Waals surface area (Å²) >= 11 is 0. The molecule has 1 unspecified atom stereocenters. The first-order valence-corrected chi connectivity index (χ1v) is 11.4. The summed E-state index contributed by atoms with van der Waals surface area (Å²) < 4.78 is 89.8. The summed E-state index contributed by atoms with van der Waals surface area (Å²) in [5, 5.41) is 0. The highest BCUT2D eigenvalue weighted by atomic mass is 19.2. The molecule has 0 saturated heterocycles. The standard InChI is InChI=1S/C27H32F4/c1-2-3-17-4-6-18(7-5-17)8-9-19-10-11-20-13-23(24(28)14-21(20)12-19)22-15-25(29)27(31)26(30)16-22/h13-19H,2-12H2,1H3/i6D2,7D2.